The van der Waals surface area contributed by atoms with Gasteiger partial charge in [0.1, 0.15) is 0 Å². The van der Waals surface area contributed by atoms with Gasteiger partial charge >= 0.3 is 12.3 Å². The number of imidazole rings is 1. The molecular formula is C27H26ClF2N5O3. The molecule has 1 aliphatic rings. The zero-order chi connectivity index (χ0) is 26.8. The molecule has 0 saturated heterocycles. The zero-order valence-electron chi connectivity index (χ0n) is 20.6. The maximum absolute atomic E-state index is 13.5. The SMILES string of the molecule is Cc1ncc(Cl)cc1C(=O)NC1CCC(Cn2c(=O)n(-c3ccc(OC(F)F)nc3)c3ccccc32)CC1. The van der Waals surface area contributed by atoms with E-state index in [9.17, 15) is 18.4 Å². The highest BCUT2D eigenvalue weighted by molar-refractivity contribution is 6.30. The molecular weight excluding hydrogens is 516 g/mol. The van der Waals surface area contributed by atoms with Gasteiger partial charge in [-0.2, -0.15) is 8.78 Å². The Bertz CT molecular complexity index is 1510. The minimum absolute atomic E-state index is 0.0373. The van der Waals surface area contributed by atoms with Crippen molar-refractivity contribution in [1.82, 2.24) is 24.4 Å². The highest BCUT2D eigenvalue weighted by Crippen LogP contribution is 2.28. The molecule has 0 unspecified atom stereocenters. The number of amides is 1. The number of carbonyl (C=O) groups excluding carboxylic acids is 1. The summed E-state index contributed by atoms with van der Waals surface area (Å²) in [4.78, 5) is 34.3. The molecule has 0 bridgehead atoms. The second kappa shape index (κ2) is 10.9. The van der Waals surface area contributed by atoms with E-state index >= 15 is 0 Å². The van der Waals surface area contributed by atoms with Gasteiger partial charge in [-0.1, -0.05) is 23.7 Å². The predicted octanol–water partition coefficient (Wildman–Crippen LogP) is 5.13. The summed E-state index contributed by atoms with van der Waals surface area (Å²) >= 11 is 6.01. The Labute approximate surface area is 222 Å². The predicted molar refractivity (Wildman–Crippen MR) is 139 cm³/mol. The zero-order valence-corrected chi connectivity index (χ0v) is 21.4. The fourth-order valence-electron chi connectivity index (χ4n) is 5.05. The highest BCUT2D eigenvalue weighted by Gasteiger charge is 2.26. The van der Waals surface area contributed by atoms with E-state index < -0.39 is 6.61 Å². The summed E-state index contributed by atoms with van der Waals surface area (Å²) in [5.74, 6) is -0.139. The van der Waals surface area contributed by atoms with Gasteiger partial charge in [0.05, 0.1) is 39.2 Å². The molecule has 1 fully saturated rings. The number of benzene rings is 1. The van der Waals surface area contributed by atoms with E-state index in [1.807, 2.05) is 24.3 Å². The number of nitrogens with zero attached hydrogens (tertiary/aromatic N) is 4. The number of hydrogen-bond donors (Lipinski definition) is 1. The van der Waals surface area contributed by atoms with Crippen molar-refractivity contribution in [2.75, 3.05) is 0 Å². The number of para-hydroxylation sites is 2. The van der Waals surface area contributed by atoms with Gasteiger partial charge in [0.15, 0.2) is 0 Å². The number of nitrogens with one attached hydrogen (secondary N) is 1. The number of carbonyl (C=O) groups is 1. The Hall–Kier alpha value is -3.79. The topological polar surface area (TPSA) is 91.0 Å². The van der Waals surface area contributed by atoms with Gasteiger partial charge in [0.2, 0.25) is 5.88 Å². The molecule has 38 heavy (non-hydrogen) atoms. The van der Waals surface area contributed by atoms with E-state index in [4.69, 9.17) is 11.6 Å². The third kappa shape index (κ3) is 5.40. The van der Waals surface area contributed by atoms with Crippen LogP contribution in [0.2, 0.25) is 5.02 Å². The van der Waals surface area contributed by atoms with Gasteiger partial charge in [0.25, 0.3) is 5.91 Å². The largest absolute Gasteiger partial charge is 0.417 e. The molecule has 3 aromatic heterocycles. The summed E-state index contributed by atoms with van der Waals surface area (Å²) in [6.07, 6.45) is 6.17. The third-order valence-electron chi connectivity index (χ3n) is 6.95. The van der Waals surface area contributed by atoms with Crippen LogP contribution in [0.4, 0.5) is 8.78 Å². The molecule has 5 rings (SSSR count). The fourth-order valence-corrected chi connectivity index (χ4v) is 5.21. The number of ether oxygens (including phenoxy) is 1. The summed E-state index contributed by atoms with van der Waals surface area (Å²) in [7, 11) is 0. The number of aryl methyl sites for hydroxylation is 1. The lowest BCUT2D eigenvalue weighted by Gasteiger charge is -2.29. The Morgan fingerprint density at radius 3 is 2.53 bits per heavy atom. The number of rotatable bonds is 7. The number of fused-ring (bicyclic) bond motifs is 1. The van der Waals surface area contributed by atoms with Crippen LogP contribution in [0.3, 0.4) is 0 Å². The molecule has 11 heteroatoms. The van der Waals surface area contributed by atoms with Crippen LogP contribution >= 0.6 is 11.6 Å². The maximum atomic E-state index is 13.5. The number of hydrogen-bond acceptors (Lipinski definition) is 5. The highest BCUT2D eigenvalue weighted by atomic mass is 35.5. The number of aromatic nitrogens is 4. The van der Waals surface area contributed by atoms with E-state index in [0.29, 0.717) is 34.0 Å². The number of pyridine rings is 2. The molecule has 3 heterocycles. The van der Waals surface area contributed by atoms with Crippen LogP contribution < -0.4 is 15.7 Å². The van der Waals surface area contributed by atoms with Crippen molar-refractivity contribution in [2.45, 2.75) is 51.8 Å². The molecule has 4 aromatic rings. The Morgan fingerprint density at radius 2 is 1.84 bits per heavy atom. The molecule has 0 atom stereocenters. The first-order valence-corrected chi connectivity index (χ1v) is 12.7. The Kier molecular flexibility index (Phi) is 7.42. The van der Waals surface area contributed by atoms with Crippen LogP contribution in [0.1, 0.15) is 41.7 Å². The fraction of sp³-hybridized carbons (Fsp3) is 0.333. The van der Waals surface area contributed by atoms with Gasteiger partial charge in [-0.05, 0) is 62.8 Å². The van der Waals surface area contributed by atoms with Gasteiger partial charge in [0, 0.05) is 24.8 Å². The van der Waals surface area contributed by atoms with E-state index in [0.717, 1.165) is 31.2 Å². The van der Waals surface area contributed by atoms with Crippen LogP contribution in [0.5, 0.6) is 5.88 Å². The minimum Gasteiger partial charge on any atom is -0.417 e. The van der Waals surface area contributed by atoms with Crippen LogP contribution in [0.25, 0.3) is 16.7 Å². The second-order valence-electron chi connectivity index (χ2n) is 9.43. The monoisotopic (exact) mass is 541 g/mol. The van der Waals surface area contributed by atoms with Crippen molar-refractivity contribution in [3.8, 4) is 11.6 Å². The molecule has 1 aromatic carbocycles. The number of halogens is 3. The summed E-state index contributed by atoms with van der Waals surface area (Å²) < 4.78 is 32.6. The number of alkyl halides is 2. The molecule has 0 aliphatic heterocycles. The van der Waals surface area contributed by atoms with Gasteiger partial charge in [-0.25, -0.2) is 9.78 Å². The summed E-state index contributed by atoms with van der Waals surface area (Å²) in [5, 5.41) is 3.51. The van der Waals surface area contributed by atoms with Crippen LogP contribution in [0.15, 0.2) is 59.7 Å². The second-order valence-corrected chi connectivity index (χ2v) is 9.86. The maximum Gasteiger partial charge on any atom is 0.388 e. The first kappa shape index (κ1) is 25.8. The standard InChI is InChI=1S/C27H26ClF2N5O3/c1-16-21(12-18(28)13-31-16)25(36)33-19-8-6-17(7-9-19)15-34-22-4-2-3-5-23(22)35(27(34)37)20-10-11-24(32-14-20)38-26(29)30/h2-5,10-14,17,19,26H,6-9,15H2,1H3,(H,33,36). The lowest BCUT2D eigenvalue weighted by molar-refractivity contribution is -0.0528. The molecule has 1 amide bonds. The van der Waals surface area contributed by atoms with Crippen LogP contribution in [-0.2, 0) is 6.54 Å². The van der Waals surface area contributed by atoms with E-state index in [1.54, 1.807) is 17.6 Å². The Morgan fingerprint density at radius 1 is 1.11 bits per heavy atom. The quantitative estimate of drug-likeness (QED) is 0.350. The van der Waals surface area contributed by atoms with E-state index in [-0.39, 0.29) is 29.4 Å². The molecule has 8 nitrogen and oxygen atoms in total. The Balaban J connectivity index is 1.30. The van der Waals surface area contributed by atoms with Crippen molar-refractivity contribution in [3.05, 3.63) is 81.6 Å². The molecule has 1 saturated carbocycles. The molecule has 1 aliphatic carbocycles. The van der Waals surface area contributed by atoms with Crippen LogP contribution in [-0.4, -0.2) is 37.7 Å². The first-order chi connectivity index (χ1) is 18.3. The van der Waals surface area contributed by atoms with Gasteiger partial charge < -0.3 is 10.1 Å². The van der Waals surface area contributed by atoms with E-state index in [1.165, 1.54) is 29.1 Å². The first-order valence-electron chi connectivity index (χ1n) is 12.3. The summed E-state index contributed by atoms with van der Waals surface area (Å²) in [6, 6.07) is 12.0. The molecule has 1 N–H and O–H groups in total. The van der Waals surface area contributed by atoms with Crippen LogP contribution in [0, 0.1) is 12.8 Å². The molecule has 0 spiro atoms. The minimum atomic E-state index is -2.97. The smallest absolute Gasteiger partial charge is 0.388 e. The van der Waals surface area contributed by atoms with Crippen molar-refractivity contribution >= 4 is 28.5 Å². The van der Waals surface area contributed by atoms with Crippen molar-refractivity contribution in [2.24, 2.45) is 5.92 Å². The van der Waals surface area contributed by atoms with Crippen molar-refractivity contribution in [1.29, 1.82) is 0 Å². The molecule has 198 valence electrons. The average Bonchev–Trinajstić information content (AvgIpc) is 3.17. The lowest BCUT2D eigenvalue weighted by atomic mass is 9.85. The normalized spacial score (nSPS) is 17.6. The van der Waals surface area contributed by atoms with Gasteiger partial charge in [-0.15, -0.1) is 0 Å². The lowest BCUT2D eigenvalue weighted by Crippen LogP contribution is -2.39. The van der Waals surface area contributed by atoms with Crippen molar-refractivity contribution in [3.63, 3.8) is 0 Å². The summed E-state index contributed by atoms with van der Waals surface area (Å²) in [6.45, 7) is -0.665. The molecule has 0 radical (unpaired) electrons. The van der Waals surface area contributed by atoms with Crippen molar-refractivity contribution < 1.29 is 18.3 Å². The van der Waals surface area contributed by atoms with E-state index in [2.05, 4.69) is 20.0 Å². The summed E-state index contributed by atoms with van der Waals surface area (Å²) in [5.41, 5.74) is 2.82. The average molecular weight is 542 g/mol. The van der Waals surface area contributed by atoms with Gasteiger partial charge in [-0.3, -0.25) is 18.9 Å². The third-order valence-corrected chi connectivity index (χ3v) is 7.15.